The van der Waals surface area contributed by atoms with Crippen molar-refractivity contribution in [2.75, 3.05) is 0 Å². The molecule has 0 N–H and O–H groups in total. The smallest absolute Gasteiger partial charge is 0.309 e. The molecule has 4 bridgehead atoms. The third-order valence-corrected chi connectivity index (χ3v) is 9.54. The average molecular weight is 375 g/mol. The summed E-state index contributed by atoms with van der Waals surface area (Å²) in [5.74, 6) is 5.50. The third kappa shape index (κ3) is 2.74. The van der Waals surface area contributed by atoms with Gasteiger partial charge < -0.3 is 9.47 Å². The molecule has 152 valence electrons. The van der Waals surface area contributed by atoms with Crippen molar-refractivity contribution < 1.29 is 14.3 Å². The highest BCUT2D eigenvalue weighted by Crippen LogP contribution is 2.65. The molecule has 0 spiro atoms. The van der Waals surface area contributed by atoms with Gasteiger partial charge in [0.25, 0.3) is 0 Å². The highest BCUT2D eigenvalue weighted by molar-refractivity contribution is 5.74. The molecule has 0 aromatic carbocycles. The maximum Gasteiger partial charge on any atom is 0.309 e. The molecule has 5 fully saturated rings. The lowest BCUT2D eigenvalue weighted by Gasteiger charge is -2.39. The van der Waals surface area contributed by atoms with Crippen LogP contribution in [0.5, 0.6) is 0 Å². The molecule has 3 aliphatic carbocycles. The lowest BCUT2D eigenvalue weighted by atomic mass is 9.70. The molecular weight excluding hydrogens is 336 g/mol. The van der Waals surface area contributed by atoms with E-state index < -0.39 is 0 Å². The number of hydrogen-bond acceptors (Lipinski definition) is 3. The first kappa shape index (κ1) is 18.5. The standard InChI is InChI=1S/C24H38O3/c1-5-13-9-14(6-2)22-17-10-15(21(13)22)11-18(17)23(25)27-24(3,4)19-12-16-7-8-20(19)26-16/h13-22H,5-12H2,1-4H3. The Balaban J connectivity index is 1.28. The minimum Gasteiger partial charge on any atom is -0.459 e. The Morgan fingerprint density at radius 3 is 2.37 bits per heavy atom. The van der Waals surface area contributed by atoms with Crippen LogP contribution in [0.25, 0.3) is 0 Å². The predicted octanol–water partition coefficient (Wildman–Crippen LogP) is 5.22. The molecule has 0 radical (unpaired) electrons. The zero-order valence-corrected chi connectivity index (χ0v) is 17.7. The largest absolute Gasteiger partial charge is 0.459 e. The van der Waals surface area contributed by atoms with E-state index in [-0.39, 0.29) is 17.5 Å². The van der Waals surface area contributed by atoms with Crippen molar-refractivity contribution in [3.05, 3.63) is 0 Å². The molecule has 0 aromatic rings. The van der Waals surface area contributed by atoms with Gasteiger partial charge in [0.15, 0.2) is 0 Å². The van der Waals surface area contributed by atoms with Gasteiger partial charge in [-0.15, -0.1) is 0 Å². The molecule has 0 aromatic heterocycles. The second-order valence-electron chi connectivity index (χ2n) is 11.0. The van der Waals surface area contributed by atoms with Gasteiger partial charge in [0, 0.05) is 5.92 Å². The zero-order valence-electron chi connectivity index (χ0n) is 17.7. The highest BCUT2D eigenvalue weighted by Gasteiger charge is 2.61. The van der Waals surface area contributed by atoms with E-state index in [0.717, 1.165) is 48.9 Å². The van der Waals surface area contributed by atoms with Crippen LogP contribution in [0, 0.1) is 47.3 Å². The molecule has 5 aliphatic rings. The van der Waals surface area contributed by atoms with Crippen LogP contribution < -0.4 is 0 Å². The van der Waals surface area contributed by atoms with Crippen LogP contribution in [0.1, 0.15) is 79.1 Å². The molecule has 0 amide bonds. The van der Waals surface area contributed by atoms with E-state index in [1.54, 1.807) is 0 Å². The third-order valence-electron chi connectivity index (χ3n) is 9.54. The Bertz CT molecular complexity index is 598. The molecule has 10 atom stereocenters. The molecule has 2 heterocycles. The zero-order chi connectivity index (χ0) is 18.9. The number of carbonyl (C=O) groups is 1. The minimum atomic E-state index is -0.385. The number of esters is 1. The molecule has 2 saturated heterocycles. The fraction of sp³-hybridized carbons (Fsp3) is 0.958. The van der Waals surface area contributed by atoms with E-state index in [0.29, 0.717) is 24.0 Å². The fourth-order valence-corrected chi connectivity index (χ4v) is 8.45. The van der Waals surface area contributed by atoms with E-state index in [4.69, 9.17) is 9.47 Å². The van der Waals surface area contributed by atoms with Crippen LogP contribution in [0.4, 0.5) is 0 Å². The summed E-state index contributed by atoms with van der Waals surface area (Å²) in [6.07, 6.45) is 10.5. The van der Waals surface area contributed by atoms with E-state index in [9.17, 15) is 4.79 Å². The van der Waals surface area contributed by atoms with Crippen molar-refractivity contribution in [2.24, 2.45) is 47.3 Å². The van der Waals surface area contributed by atoms with Crippen molar-refractivity contribution in [3.63, 3.8) is 0 Å². The molecule has 3 saturated carbocycles. The van der Waals surface area contributed by atoms with Crippen molar-refractivity contribution in [1.29, 1.82) is 0 Å². The van der Waals surface area contributed by atoms with Gasteiger partial charge in [0.05, 0.1) is 18.1 Å². The van der Waals surface area contributed by atoms with E-state index in [2.05, 4.69) is 27.7 Å². The Kier molecular flexibility index (Phi) is 4.42. The van der Waals surface area contributed by atoms with Gasteiger partial charge in [-0.25, -0.2) is 0 Å². The molecule has 3 heteroatoms. The Morgan fingerprint density at radius 1 is 1.00 bits per heavy atom. The number of carbonyl (C=O) groups excluding carboxylic acids is 1. The summed E-state index contributed by atoms with van der Waals surface area (Å²) in [6.45, 7) is 9.00. The van der Waals surface area contributed by atoms with Crippen molar-refractivity contribution >= 4 is 5.97 Å². The summed E-state index contributed by atoms with van der Waals surface area (Å²) in [5, 5.41) is 0. The van der Waals surface area contributed by atoms with Crippen molar-refractivity contribution in [3.8, 4) is 0 Å². The second-order valence-corrected chi connectivity index (χ2v) is 11.0. The topological polar surface area (TPSA) is 35.5 Å². The van der Waals surface area contributed by atoms with Crippen LogP contribution in [0.2, 0.25) is 0 Å². The van der Waals surface area contributed by atoms with Gasteiger partial charge in [-0.3, -0.25) is 4.79 Å². The van der Waals surface area contributed by atoms with Crippen molar-refractivity contribution in [1.82, 2.24) is 0 Å². The molecule has 3 nitrogen and oxygen atoms in total. The lowest BCUT2D eigenvalue weighted by Crippen LogP contribution is -2.44. The van der Waals surface area contributed by atoms with Gasteiger partial charge in [0.1, 0.15) is 5.60 Å². The first-order valence-corrected chi connectivity index (χ1v) is 11.8. The molecule has 5 rings (SSSR count). The van der Waals surface area contributed by atoms with Gasteiger partial charge in [0.2, 0.25) is 0 Å². The Morgan fingerprint density at radius 2 is 1.74 bits per heavy atom. The normalized spacial score (nSPS) is 50.4. The summed E-state index contributed by atoms with van der Waals surface area (Å²) < 4.78 is 12.3. The molecular formula is C24H38O3. The summed E-state index contributed by atoms with van der Waals surface area (Å²) in [7, 11) is 0. The summed E-state index contributed by atoms with van der Waals surface area (Å²) in [4.78, 5) is 13.3. The Hall–Kier alpha value is -0.570. The number of ether oxygens (including phenoxy) is 2. The first-order chi connectivity index (χ1) is 12.9. The Labute approximate surface area is 164 Å². The van der Waals surface area contributed by atoms with Crippen LogP contribution in [-0.4, -0.2) is 23.8 Å². The summed E-state index contributed by atoms with van der Waals surface area (Å²) in [5.41, 5.74) is -0.385. The number of hydrogen-bond donors (Lipinski definition) is 0. The van der Waals surface area contributed by atoms with Gasteiger partial charge in [-0.2, -0.15) is 0 Å². The number of rotatable bonds is 5. The molecule has 10 unspecified atom stereocenters. The maximum atomic E-state index is 13.3. The SMILES string of the molecule is CCC1CC(CC)C2C3CC(CC3C(=O)OC(C)(C)C3CC4CCC3O4)C12. The lowest BCUT2D eigenvalue weighted by molar-refractivity contribution is -0.172. The van der Waals surface area contributed by atoms with Crippen LogP contribution in [-0.2, 0) is 14.3 Å². The minimum absolute atomic E-state index is 0.114. The van der Waals surface area contributed by atoms with Gasteiger partial charge >= 0.3 is 5.97 Å². The summed E-state index contributed by atoms with van der Waals surface area (Å²) in [6, 6.07) is 0. The predicted molar refractivity (Wildman–Crippen MR) is 105 cm³/mol. The molecule has 2 aliphatic heterocycles. The maximum absolute atomic E-state index is 13.3. The van der Waals surface area contributed by atoms with Crippen LogP contribution in [0.15, 0.2) is 0 Å². The van der Waals surface area contributed by atoms with Gasteiger partial charge in [-0.1, -0.05) is 26.7 Å². The van der Waals surface area contributed by atoms with Crippen molar-refractivity contribution in [2.45, 2.75) is 96.9 Å². The van der Waals surface area contributed by atoms with E-state index >= 15 is 0 Å². The molecule has 27 heavy (non-hydrogen) atoms. The monoisotopic (exact) mass is 374 g/mol. The second kappa shape index (κ2) is 6.47. The first-order valence-electron chi connectivity index (χ1n) is 11.8. The number of fused-ring (bicyclic) bond motifs is 7. The quantitative estimate of drug-likeness (QED) is 0.619. The highest BCUT2D eigenvalue weighted by atomic mass is 16.6. The van der Waals surface area contributed by atoms with Crippen LogP contribution >= 0.6 is 0 Å². The van der Waals surface area contributed by atoms with Crippen LogP contribution in [0.3, 0.4) is 0 Å². The fourth-order valence-electron chi connectivity index (χ4n) is 8.45. The van der Waals surface area contributed by atoms with E-state index in [1.165, 1.54) is 32.1 Å². The van der Waals surface area contributed by atoms with E-state index in [1.807, 2.05) is 0 Å². The average Bonchev–Trinajstić information content (AvgIpc) is 3.44. The van der Waals surface area contributed by atoms with Gasteiger partial charge in [-0.05, 0) is 87.9 Å². The summed E-state index contributed by atoms with van der Waals surface area (Å²) >= 11 is 0.